The summed E-state index contributed by atoms with van der Waals surface area (Å²) in [5, 5.41) is 16.2. The van der Waals surface area contributed by atoms with Gasteiger partial charge in [-0.05, 0) is 5.92 Å². The van der Waals surface area contributed by atoms with Gasteiger partial charge in [-0.1, -0.05) is 20.3 Å². The molecule has 172 valence electrons. The van der Waals surface area contributed by atoms with Gasteiger partial charge >= 0.3 is 5.97 Å². The molecular formula is C18H29N7O6. The molecule has 4 atom stereocenters. The number of primary amides is 1. The van der Waals surface area contributed by atoms with E-state index in [0.29, 0.717) is 12.1 Å². The van der Waals surface area contributed by atoms with E-state index < -0.39 is 60.7 Å². The normalized spacial score (nSPS) is 14.5. The van der Waals surface area contributed by atoms with Crippen molar-refractivity contribution >= 4 is 29.6 Å². The van der Waals surface area contributed by atoms with Crippen molar-refractivity contribution in [2.75, 3.05) is 6.54 Å². The molecule has 0 saturated heterocycles. The number of hydrogen-bond donors (Lipinski definition) is 7. The van der Waals surface area contributed by atoms with E-state index in [1.54, 1.807) is 13.8 Å². The molecule has 0 aliphatic rings. The number of amides is 4. The van der Waals surface area contributed by atoms with E-state index in [1.165, 1.54) is 12.5 Å². The maximum Gasteiger partial charge on any atom is 0.326 e. The lowest BCUT2D eigenvalue weighted by Crippen LogP contribution is -2.55. The molecule has 0 fully saturated rings. The van der Waals surface area contributed by atoms with Crippen molar-refractivity contribution in [1.29, 1.82) is 0 Å². The molecular weight excluding hydrogens is 410 g/mol. The number of H-pyrrole nitrogens is 1. The van der Waals surface area contributed by atoms with E-state index in [9.17, 15) is 29.1 Å². The first-order valence-electron chi connectivity index (χ1n) is 9.66. The van der Waals surface area contributed by atoms with Crippen LogP contribution in [0.25, 0.3) is 0 Å². The number of nitrogens with two attached hydrogens (primary N) is 2. The summed E-state index contributed by atoms with van der Waals surface area (Å²) < 4.78 is 0. The lowest BCUT2D eigenvalue weighted by molar-refractivity contribution is -0.143. The minimum atomic E-state index is -1.40. The molecule has 0 aromatic carbocycles. The predicted molar refractivity (Wildman–Crippen MR) is 108 cm³/mol. The average molecular weight is 439 g/mol. The van der Waals surface area contributed by atoms with Crippen molar-refractivity contribution in [3.8, 4) is 0 Å². The van der Waals surface area contributed by atoms with Crippen molar-refractivity contribution in [3.63, 3.8) is 0 Å². The third-order valence-electron chi connectivity index (χ3n) is 4.59. The summed E-state index contributed by atoms with van der Waals surface area (Å²) >= 11 is 0. The predicted octanol–water partition coefficient (Wildman–Crippen LogP) is -2.63. The van der Waals surface area contributed by atoms with Crippen LogP contribution in [-0.4, -0.2) is 69.3 Å². The van der Waals surface area contributed by atoms with E-state index in [0.717, 1.165) is 0 Å². The second-order valence-corrected chi connectivity index (χ2v) is 7.11. The number of aliphatic carboxylic acids is 1. The minimum Gasteiger partial charge on any atom is -0.480 e. The van der Waals surface area contributed by atoms with Crippen molar-refractivity contribution in [2.45, 2.75) is 51.2 Å². The van der Waals surface area contributed by atoms with Crippen LogP contribution in [-0.2, 0) is 30.4 Å². The van der Waals surface area contributed by atoms with Gasteiger partial charge in [0.05, 0.1) is 25.3 Å². The van der Waals surface area contributed by atoms with Gasteiger partial charge in [-0.15, -0.1) is 0 Å². The van der Waals surface area contributed by atoms with Gasteiger partial charge in [-0.25, -0.2) is 9.78 Å². The third kappa shape index (κ3) is 8.82. The van der Waals surface area contributed by atoms with Gasteiger partial charge in [0.15, 0.2) is 0 Å². The summed E-state index contributed by atoms with van der Waals surface area (Å²) in [5.74, 6) is -4.77. The highest BCUT2D eigenvalue weighted by atomic mass is 16.4. The zero-order valence-electron chi connectivity index (χ0n) is 17.4. The van der Waals surface area contributed by atoms with Crippen LogP contribution in [0.5, 0.6) is 0 Å². The molecule has 13 nitrogen and oxygen atoms in total. The number of aromatic nitrogens is 2. The lowest BCUT2D eigenvalue weighted by atomic mass is 9.98. The molecule has 1 aromatic rings. The first-order chi connectivity index (χ1) is 14.5. The Morgan fingerprint density at radius 3 is 2.39 bits per heavy atom. The number of rotatable bonds is 13. The molecule has 9 N–H and O–H groups in total. The summed E-state index contributed by atoms with van der Waals surface area (Å²) in [7, 11) is 0. The number of nitrogens with one attached hydrogen (secondary N) is 4. The van der Waals surface area contributed by atoms with E-state index in [4.69, 9.17) is 11.5 Å². The number of carboxylic acids is 1. The van der Waals surface area contributed by atoms with E-state index >= 15 is 0 Å². The van der Waals surface area contributed by atoms with Gasteiger partial charge in [0.1, 0.15) is 12.1 Å². The first kappa shape index (κ1) is 25.6. The highest BCUT2D eigenvalue weighted by Crippen LogP contribution is 2.08. The molecule has 4 unspecified atom stereocenters. The van der Waals surface area contributed by atoms with Crippen LogP contribution in [0.1, 0.15) is 32.4 Å². The maximum atomic E-state index is 12.5. The van der Waals surface area contributed by atoms with Crippen LogP contribution in [0.15, 0.2) is 12.5 Å². The summed E-state index contributed by atoms with van der Waals surface area (Å²) in [5.41, 5.74) is 11.5. The van der Waals surface area contributed by atoms with Crippen LogP contribution in [0.3, 0.4) is 0 Å². The molecule has 0 radical (unpaired) electrons. The number of nitrogens with zero attached hydrogens (tertiary/aromatic N) is 1. The number of aromatic amines is 1. The van der Waals surface area contributed by atoms with E-state index in [1.807, 2.05) is 0 Å². The zero-order valence-corrected chi connectivity index (χ0v) is 17.4. The quantitative estimate of drug-likeness (QED) is 0.172. The molecule has 0 spiro atoms. The summed E-state index contributed by atoms with van der Waals surface area (Å²) in [4.78, 5) is 66.0. The lowest BCUT2D eigenvalue weighted by Gasteiger charge is -2.24. The third-order valence-corrected chi connectivity index (χ3v) is 4.59. The SMILES string of the molecule is CCC(C)C(NC(=O)C(CC(N)=O)NC(=O)CNC(=O)C(N)Cc1cnc[nH]1)C(=O)O. The average Bonchev–Trinajstić information content (AvgIpc) is 3.21. The highest BCUT2D eigenvalue weighted by Gasteiger charge is 2.30. The van der Waals surface area contributed by atoms with Gasteiger partial charge in [0.2, 0.25) is 23.6 Å². The molecule has 4 amide bonds. The van der Waals surface area contributed by atoms with Crippen LogP contribution in [0.4, 0.5) is 0 Å². The van der Waals surface area contributed by atoms with Crippen LogP contribution in [0.2, 0.25) is 0 Å². The van der Waals surface area contributed by atoms with E-state index in [-0.39, 0.29) is 12.3 Å². The Balaban J connectivity index is 2.65. The minimum absolute atomic E-state index is 0.173. The number of carbonyl (C=O) groups is 5. The van der Waals surface area contributed by atoms with Crippen molar-refractivity contribution in [1.82, 2.24) is 25.9 Å². The molecule has 1 rings (SSSR count). The summed E-state index contributed by atoms with van der Waals surface area (Å²) in [6.45, 7) is 2.89. The summed E-state index contributed by atoms with van der Waals surface area (Å²) in [6, 6.07) is -3.54. The molecule has 31 heavy (non-hydrogen) atoms. The molecule has 1 aromatic heterocycles. The standard InChI is InChI=1S/C18H29N7O6/c1-3-9(2)15(18(30)31)25-17(29)12(5-13(20)26)24-14(27)7-22-16(28)11(19)4-10-6-21-8-23-10/h6,8-9,11-12,15H,3-5,7,19H2,1-2H3,(H2,20,26)(H,21,23)(H,22,28)(H,24,27)(H,25,29)(H,30,31). The Bertz CT molecular complexity index is 782. The van der Waals surface area contributed by atoms with Crippen molar-refractivity contribution in [2.24, 2.45) is 17.4 Å². The van der Waals surface area contributed by atoms with E-state index in [2.05, 4.69) is 25.9 Å². The maximum absolute atomic E-state index is 12.5. The first-order valence-corrected chi connectivity index (χ1v) is 9.66. The summed E-state index contributed by atoms with van der Waals surface area (Å²) in [6.07, 6.45) is 3.06. The van der Waals surface area contributed by atoms with Gasteiger partial charge in [0, 0.05) is 18.3 Å². The van der Waals surface area contributed by atoms with Gasteiger partial charge in [0.25, 0.3) is 0 Å². The second kappa shape index (κ2) is 12.3. The Hall–Kier alpha value is -3.48. The monoisotopic (exact) mass is 439 g/mol. The molecule has 0 saturated carbocycles. The number of carboxylic acid groups (broad SMARTS) is 1. The zero-order chi connectivity index (χ0) is 23.6. The molecule has 0 aliphatic carbocycles. The molecule has 13 heteroatoms. The van der Waals surface area contributed by atoms with Crippen LogP contribution < -0.4 is 27.4 Å². The number of hydrogen-bond acceptors (Lipinski definition) is 7. The highest BCUT2D eigenvalue weighted by molar-refractivity contribution is 5.95. The largest absolute Gasteiger partial charge is 0.480 e. The Kier molecular flexibility index (Phi) is 10.1. The van der Waals surface area contributed by atoms with Crippen molar-refractivity contribution < 1.29 is 29.1 Å². The topological polar surface area (TPSA) is 222 Å². The fourth-order valence-electron chi connectivity index (χ4n) is 2.62. The Morgan fingerprint density at radius 1 is 1.19 bits per heavy atom. The van der Waals surface area contributed by atoms with Gasteiger partial charge in [-0.3, -0.25) is 19.2 Å². The van der Waals surface area contributed by atoms with Crippen molar-refractivity contribution in [3.05, 3.63) is 18.2 Å². The smallest absolute Gasteiger partial charge is 0.326 e. The second-order valence-electron chi connectivity index (χ2n) is 7.11. The fourth-order valence-corrected chi connectivity index (χ4v) is 2.62. The number of imidazole rings is 1. The Morgan fingerprint density at radius 2 is 1.87 bits per heavy atom. The van der Waals surface area contributed by atoms with Gasteiger partial charge < -0.3 is 37.5 Å². The molecule has 0 bridgehead atoms. The van der Waals surface area contributed by atoms with Crippen LogP contribution >= 0.6 is 0 Å². The fraction of sp³-hybridized carbons (Fsp3) is 0.556. The molecule has 1 heterocycles. The number of carbonyl (C=O) groups excluding carboxylic acids is 4. The Labute approximate surface area is 178 Å². The van der Waals surface area contributed by atoms with Crippen LogP contribution in [0, 0.1) is 5.92 Å². The van der Waals surface area contributed by atoms with Gasteiger partial charge in [-0.2, -0.15) is 0 Å². The molecule has 0 aliphatic heterocycles.